The molecule has 0 spiro atoms. The van der Waals surface area contributed by atoms with Crippen LogP contribution >= 0.6 is 0 Å². The van der Waals surface area contributed by atoms with Gasteiger partial charge in [-0.15, -0.1) is 0 Å². The third-order valence-electron chi connectivity index (χ3n) is 2.19. The zero-order chi connectivity index (χ0) is 12.7. The van der Waals surface area contributed by atoms with Crippen molar-refractivity contribution in [2.75, 3.05) is 6.54 Å². The van der Waals surface area contributed by atoms with Gasteiger partial charge >= 0.3 is 0 Å². The van der Waals surface area contributed by atoms with Crippen LogP contribution in [0, 0.1) is 28.6 Å². The summed E-state index contributed by atoms with van der Waals surface area (Å²) in [5.41, 5.74) is -0.102. The van der Waals surface area contributed by atoms with Crippen molar-refractivity contribution in [3.63, 3.8) is 0 Å². The molecule has 0 radical (unpaired) electrons. The Morgan fingerprint density at radius 2 is 2.00 bits per heavy atom. The molecule has 0 aromatic heterocycles. The second kappa shape index (κ2) is 5.72. The van der Waals surface area contributed by atoms with Crippen LogP contribution in [0.4, 0.5) is 0 Å². The van der Waals surface area contributed by atoms with Crippen molar-refractivity contribution in [1.29, 1.82) is 5.26 Å². The summed E-state index contributed by atoms with van der Waals surface area (Å²) < 4.78 is 0. The minimum atomic E-state index is -1.01. The van der Waals surface area contributed by atoms with E-state index in [-0.39, 0.29) is 12.5 Å². The molecule has 1 aromatic rings. The lowest BCUT2D eigenvalue weighted by molar-refractivity contribution is -0.126. The van der Waals surface area contributed by atoms with Crippen LogP contribution in [0.5, 0.6) is 0 Å². The number of nitrogens with zero attached hydrogens (tertiary/aromatic N) is 1. The van der Waals surface area contributed by atoms with Crippen molar-refractivity contribution in [1.82, 2.24) is 5.32 Å². The number of carbonyl (C=O) groups excluding carboxylic acids is 1. The van der Waals surface area contributed by atoms with Gasteiger partial charge in [0.2, 0.25) is 5.91 Å². The second-order valence-electron chi connectivity index (χ2n) is 4.09. The van der Waals surface area contributed by atoms with Gasteiger partial charge in [-0.3, -0.25) is 4.79 Å². The lowest BCUT2D eigenvalue weighted by atomic mass is 9.95. The maximum atomic E-state index is 11.5. The molecule has 1 rings (SSSR count). The van der Waals surface area contributed by atoms with Crippen molar-refractivity contribution >= 4 is 5.91 Å². The number of benzene rings is 1. The number of hydrogen-bond donors (Lipinski definition) is 1. The van der Waals surface area contributed by atoms with Crippen LogP contribution in [0.15, 0.2) is 30.3 Å². The Kier molecular flexibility index (Phi) is 4.31. The first-order valence-electron chi connectivity index (χ1n) is 5.30. The topological polar surface area (TPSA) is 52.9 Å². The molecular weight excluding hydrogens is 212 g/mol. The summed E-state index contributed by atoms with van der Waals surface area (Å²) in [5, 5.41) is 11.4. The van der Waals surface area contributed by atoms with Crippen LogP contribution in [-0.2, 0) is 4.79 Å². The van der Waals surface area contributed by atoms with E-state index in [2.05, 4.69) is 17.2 Å². The molecule has 17 heavy (non-hydrogen) atoms. The molecule has 0 aliphatic carbocycles. The van der Waals surface area contributed by atoms with Crippen LogP contribution in [0.3, 0.4) is 0 Å². The van der Waals surface area contributed by atoms with Crippen LogP contribution in [0.2, 0.25) is 0 Å². The van der Waals surface area contributed by atoms with Crippen LogP contribution in [0.25, 0.3) is 0 Å². The van der Waals surface area contributed by atoms with Gasteiger partial charge in [0.25, 0.3) is 0 Å². The van der Waals surface area contributed by atoms with Crippen LogP contribution < -0.4 is 5.32 Å². The number of amides is 1. The highest BCUT2D eigenvalue weighted by molar-refractivity contribution is 5.84. The smallest absolute Gasteiger partial charge is 0.240 e. The first-order valence-corrected chi connectivity index (χ1v) is 5.30. The highest BCUT2D eigenvalue weighted by Gasteiger charge is 2.26. The van der Waals surface area contributed by atoms with Gasteiger partial charge in [-0.05, 0) is 26.0 Å². The number of nitrogens with one attached hydrogen (secondary N) is 1. The minimum absolute atomic E-state index is 0.249. The molecule has 1 amide bonds. The third kappa shape index (κ3) is 4.01. The molecule has 1 aromatic carbocycles. The normalized spacial score (nSPS) is 9.71. The molecule has 0 aliphatic heterocycles. The Labute approximate surface area is 101 Å². The van der Waals surface area contributed by atoms with Gasteiger partial charge in [0.05, 0.1) is 12.6 Å². The Morgan fingerprint density at radius 3 is 2.59 bits per heavy atom. The fourth-order valence-electron chi connectivity index (χ4n) is 1.06. The van der Waals surface area contributed by atoms with Gasteiger partial charge < -0.3 is 5.32 Å². The fraction of sp³-hybridized carbons (Fsp3) is 0.286. The van der Waals surface area contributed by atoms with E-state index in [1.165, 1.54) is 0 Å². The Morgan fingerprint density at radius 1 is 1.35 bits per heavy atom. The minimum Gasteiger partial charge on any atom is -0.344 e. The number of nitriles is 1. The molecule has 3 heteroatoms. The van der Waals surface area contributed by atoms with Crippen molar-refractivity contribution < 1.29 is 4.79 Å². The van der Waals surface area contributed by atoms with Gasteiger partial charge in [-0.25, -0.2) is 0 Å². The molecule has 86 valence electrons. The van der Waals surface area contributed by atoms with E-state index in [1.54, 1.807) is 13.8 Å². The summed E-state index contributed by atoms with van der Waals surface area (Å²) in [7, 11) is 0. The number of rotatable bonds is 2. The Balaban J connectivity index is 2.48. The summed E-state index contributed by atoms with van der Waals surface area (Å²) in [6.07, 6.45) is 0. The van der Waals surface area contributed by atoms with E-state index in [4.69, 9.17) is 5.26 Å². The van der Waals surface area contributed by atoms with Crippen molar-refractivity contribution in [2.24, 2.45) is 5.41 Å². The van der Waals surface area contributed by atoms with E-state index in [0.717, 1.165) is 5.56 Å². The zero-order valence-electron chi connectivity index (χ0n) is 9.95. The molecule has 0 saturated carbocycles. The SMILES string of the molecule is CC(C)(C#N)C(=O)NCC#Cc1ccccc1. The summed E-state index contributed by atoms with van der Waals surface area (Å²) >= 11 is 0. The molecular formula is C14H14N2O. The molecule has 0 heterocycles. The maximum absolute atomic E-state index is 11.5. The molecule has 0 aliphatic rings. The van der Waals surface area contributed by atoms with Crippen LogP contribution in [-0.4, -0.2) is 12.5 Å². The fourth-order valence-corrected chi connectivity index (χ4v) is 1.06. The number of carbonyl (C=O) groups is 1. The molecule has 1 N–H and O–H groups in total. The standard InChI is InChI=1S/C14H14N2O/c1-14(2,11-15)13(17)16-10-6-9-12-7-4-3-5-8-12/h3-5,7-8H,10H2,1-2H3,(H,16,17). The summed E-state index contributed by atoms with van der Waals surface area (Å²) in [6, 6.07) is 11.5. The van der Waals surface area contributed by atoms with Crippen molar-refractivity contribution in [3.8, 4) is 17.9 Å². The van der Waals surface area contributed by atoms with Gasteiger partial charge in [-0.1, -0.05) is 30.0 Å². The Bertz CT molecular complexity index is 486. The zero-order valence-corrected chi connectivity index (χ0v) is 9.95. The maximum Gasteiger partial charge on any atom is 0.240 e. The first kappa shape index (κ1) is 12.8. The Hall–Kier alpha value is -2.26. The average Bonchev–Trinajstić information content (AvgIpc) is 2.35. The van der Waals surface area contributed by atoms with Crippen molar-refractivity contribution in [3.05, 3.63) is 35.9 Å². The van der Waals surface area contributed by atoms with Crippen molar-refractivity contribution in [2.45, 2.75) is 13.8 Å². The molecule has 3 nitrogen and oxygen atoms in total. The molecule has 0 atom stereocenters. The van der Waals surface area contributed by atoms with Gasteiger partial charge in [0.15, 0.2) is 0 Å². The largest absolute Gasteiger partial charge is 0.344 e. The molecule has 0 fully saturated rings. The van der Waals surface area contributed by atoms with Gasteiger partial charge in [-0.2, -0.15) is 5.26 Å². The number of hydrogen-bond acceptors (Lipinski definition) is 2. The molecule has 0 unspecified atom stereocenters. The molecule has 0 bridgehead atoms. The van der Waals surface area contributed by atoms with Gasteiger partial charge in [0, 0.05) is 5.56 Å². The van der Waals surface area contributed by atoms with E-state index in [9.17, 15) is 4.79 Å². The summed E-state index contributed by atoms with van der Waals surface area (Å²) in [6.45, 7) is 3.40. The average molecular weight is 226 g/mol. The van der Waals surface area contributed by atoms with Crippen LogP contribution in [0.1, 0.15) is 19.4 Å². The highest BCUT2D eigenvalue weighted by atomic mass is 16.2. The summed E-state index contributed by atoms with van der Waals surface area (Å²) in [4.78, 5) is 11.5. The van der Waals surface area contributed by atoms with Gasteiger partial charge in [0.1, 0.15) is 5.41 Å². The first-order chi connectivity index (χ1) is 8.06. The quantitative estimate of drug-likeness (QED) is 0.780. The predicted molar refractivity (Wildman–Crippen MR) is 65.7 cm³/mol. The predicted octanol–water partition coefficient (Wildman–Crippen LogP) is 1.70. The second-order valence-corrected chi connectivity index (χ2v) is 4.09. The lowest BCUT2D eigenvalue weighted by Crippen LogP contribution is -2.36. The third-order valence-corrected chi connectivity index (χ3v) is 2.19. The van der Waals surface area contributed by atoms with E-state index >= 15 is 0 Å². The lowest BCUT2D eigenvalue weighted by Gasteiger charge is -2.12. The molecule has 0 saturated heterocycles. The van der Waals surface area contributed by atoms with E-state index < -0.39 is 5.41 Å². The van der Waals surface area contributed by atoms with E-state index in [1.807, 2.05) is 36.4 Å². The highest BCUT2D eigenvalue weighted by Crippen LogP contribution is 2.11. The summed E-state index contributed by atoms with van der Waals surface area (Å²) in [5.74, 6) is 5.46. The monoisotopic (exact) mass is 226 g/mol. The van der Waals surface area contributed by atoms with E-state index in [0.29, 0.717) is 0 Å².